The number of H-pyrrole nitrogens is 1. The zero-order chi connectivity index (χ0) is 12.3. The molecule has 1 aromatic carbocycles. The van der Waals surface area contributed by atoms with Gasteiger partial charge in [0.25, 0.3) is 0 Å². The summed E-state index contributed by atoms with van der Waals surface area (Å²) in [6.07, 6.45) is 3.01. The van der Waals surface area contributed by atoms with E-state index in [0.717, 1.165) is 13.0 Å². The van der Waals surface area contributed by atoms with Crippen LogP contribution in [0.25, 0.3) is 10.9 Å². The molecule has 0 spiro atoms. The molecule has 2 rings (SSSR count). The Balaban J connectivity index is 2.00. The third-order valence-electron chi connectivity index (χ3n) is 2.86. The van der Waals surface area contributed by atoms with Gasteiger partial charge in [0.05, 0.1) is 0 Å². The van der Waals surface area contributed by atoms with Crippen LogP contribution in [-0.2, 0) is 10.8 Å². The molecule has 2 aromatic rings. The molecule has 0 saturated carbocycles. The Morgan fingerprint density at radius 2 is 2.06 bits per heavy atom. The summed E-state index contributed by atoms with van der Waals surface area (Å²) in [6.45, 7) is 5.05. The molecule has 0 unspecified atom stereocenters. The van der Waals surface area contributed by atoms with E-state index in [-0.39, 0.29) is 0 Å². The molecule has 1 aromatic heterocycles. The van der Waals surface area contributed by atoms with E-state index in [1.54, 1.807) is 0 Å². The first-order valence-corrected chi connectivity index (χ1v) is 9.52. The van der Waals surface area contributed by atoms with Gasteiger partial charge in [-0.2, -0.15) is 0 Å². The van der Waals surface area contributed by atoms with Crippen LogP contribution in [0.2, 0.25) is 13.1 Å². The first-order valence-electron chi connectivity index (χ1n) is 5.87. The van der Waals surface area contributed by atoms with E-state index < -0.39 is 8.32 Å². The zero-order valence-corrected chi connectivity index (χ0v) is 12.1. The maximum atomic E-state index is 5.89. The summed E-state index contributed by atoms with van der Waals surface area (Å²) < 4.78 is 5.89. The molecular weight excluding hydrogens is 250 g/mol. The Morgan fingerprint density at radius 1 is 1.29 bits per heavy atom. The Bertz CT molecular complexity index is 495. The van der Waals surface area contributed by atoms with Crippen LogP contribution in [0.3, 0.4) is 0 Å². The number of rotatable bonds is 5. The third kappa shape index (κ3) is 3.12. The minimum Gasteiger partial charge on any atom is -0.416 e. The molecule has 4 heteroatoms. The zero-order valence-electron chi connectivity index (χ0n) is 10.3. The van der Waals surface area contributed by atoms with Crippen molar-refractivity contribution in [1.29, 1.82) is 0 Å². The Hall–Kier alpha value is -0.773. The molecule has 0 bridgehead atoms. The monoisotopic (exact) mass is 267 g/mol. The van der Waals surface area contributed by atoms with Crippen LogP contribution in [0.15, 0.2) is 30.5 Å². The second-order valence-corrected chi connectivity index (χ2v) is 9.73. The average molecular weight is 268 g/mol. The fraction of sp³-hybridized carbons (Fsp3) is 0.385. The van der Waals surface area contributed by atoms with Gasteiger partial charge in [0, 0.05) is 29.2 Å². The van der Waals surface area contributed by atoms with Gasteiger partial charge in [-0.15, -0.1) is 11.6 Å². The smallest absolute Gasteiger partial charge is 0.201 e. The van der Waals surface area contributed by atoms with Crippen molar-refractivity contribution in [3.05, 3.63) is 36.0 Å². The third-order valence-corrected chi connectivity index (χ3v) is 6.42. The molecule has 0 amide bonds. The lowest BCUT2D eigenvalue weighted by Crippen LogP contribution is -2.33. The van der Waals surface area contributed by atoms with Crippen molar-refractivity contribution in [3.63, 3.8) is 0 Å². The highest BCUT2D eigenvalue weighted by atomic mass is 35.5. The van der Waals surface area contributed by atoms with Gasteiger partial charge in [0.15, 0.2) is 0 Å². The highest BCUT2D eigenvalue weighted by Gasteiger charge is 2.20. The van der Waals surface area contributed by atoms with E-state index in [0.29, 0.717) is 5.50 Å². The lowest BCUT2D eigenvalue weighted by Gasteiger charge is -2.19. The van der Waals surface area contributed by atoms with Gasteiger partial charge in [-0.05, 0) is 31.1 Å². The fourth-order valence-electron chi connectivity index (χ4n) is 1.81. The van der Waals surface area contributed by atoms with Crippen molar-refractivity contribution in [2.75, 3.05) is 12.1 Å². The van der Waals surface area contributed by atoms with Crippen LogP contribution >= 0.6 is 11.6 Å². The van der Waals surface area contributed by atoms with Gasteiger partial charge in [-0.1, -0.05) is 18.2 Å². The van der Waals surface area contributed by atoms with E-state index in [9.17, 15) is 0 Å². The van der Waals surface area contributed by atoms with E-state index in [1.807, 2.05) is 6.07 Å². The SMILES string of the molecule is C[Si](C)(CCl)OCCc1c[nH]c2ccccc12. The summed E-state index contributed by atoms with van der Waals surface area (Å²) in [5.74, 6) is 0. The average Bonchev–Trinajstić information content (AvgIpc) is 2.73. The van der Waals surface area contributed by atoms with Gasteiger partial charge in [0.1, 0.15) is 0 Å². The molecule has 0 aliphatic rings. The number of alkyl halides is 1. The lowest BCUT2D eigenvalue weighted by atomic mass is 10.1. The predicted molar refractivity (Wildman–Crippen MR) is 76.2 cm³/mol. The maximum absolute atomic E-state index is 5.89. The number of nitrogens with one attached hydrogen (secondary N) is 1. The van der Waals surface area contributed by atoms with Gasteiger partial charge in [-0.3, -0.25) is 0 Å². The first kappa shape index (κ1) is 12.7. The largest absolute Gasteiger partial charge is 0.416 e. The Kier molecular flexibility index (Phi) is 3.92. The van der Waals surface area contributed by atoms with Crippen LogP contribution in [0.1, 0.15) is 5.56 Å². The van der Waals surface area contributed by atoms with E-state index in [1.165, 1.54) is 16.5 Å². The van der Waals surface area contributed by atoms with Crippen LogP contribution in [0.4, 0.5) is 0 Å². The highest BCUT2D eigenvalue weighted by Crippen LogP contribution is 2.18. The number of aromatic nitrogens is 1. The van der Waals surface area contributed by atoms with Crippen molar-refractivity contribution in [1.82, 2.24) is 4.98 Å². The van der Waals surface area contributed by atoms with Gasteiger partial charge in [0.2, 0.25) is 8.32 Å². The van der Waals surface area contributed by atoms with Crippen LogP contribution in [-0.4, -0.2) is 25.4 Å². The molecule has 0 aliphatic heterocycles. The maximum Gasteiger partial charge on any atom is 0.201 e. The van der Waals surface area contributed by atoms with Crippen molar-refractivity contribution in [2.24, 2.45) is 0 Å². The van der Waals surface area contributed by atoms with Crippen LogP contribution < -0.4 is 0 Å². The standard InChI is InChI=1S/C13H18ClNOSi/c1-17(2,10-14)16-8-7-11-9-15-13-6-4-3-5-12(11)13/h3-6,9,15H,7-8,10H2,1-2H3. The normalized spacial score (nSPS) is 12.2. The summed E-state index contributed by atoms with van der Waals surface area (Å²) in [5.41, 5.74) is 3.16. The van der Waals surface area contributed by atoms with Crippen molar-refractivity contribution in [3.8, 4) is 0 Å². The quantitative estimate of drug-likeness (QED) is 0.648. The molecule has 17 heavy (non-hydrogen) atoms. The minimum atomic E-state index is -1.62. The number of fused-ring (bicyclic) bond motifs is 1. The Morgan fingerprint density at radius 3 is 2.82 bits per heavy atom. The summed E-state index contributed by atoms with van der Waals surface area (Å²) in [4.78, 5) is 3.28. The van der Waals surface area contributed by atoms with E-state index in [2.05, 4.69) is 42.5 Å². The van der Waals surface area contributed by atoms with Crippen molar-refractivity contribution in [2.45, 2.75) is 19.5 Å². The summed E-state index contributed by atoms with van der Waals surface area (Å²) in [7, 11) is -1.62. The molecule has 92 valence electrons. The molecule has 0 atom stereocenters. The molecule has 1 N–H and O–H groups in total. The summed E-state index contributed by atoms with van der Waals surface area (Å²) in [6, 6.07) is 8.35. The lowest BCUT2D eigenvalue weighted by molar-refractivity contribution is 0.315. The van der Waals surface area contributed by atoms with E-state index in [4.69, 9.17) is 16.0 Å². The molecule has 0 fully saturated rings. The Labute approximate surface area is 108 Å². The number of hydrogen-bond donors (Lipinski definition) is 1. The molecule has 0 saturated heterocycles. The number of hydrogen-bond acceptors (Lipinski definition) is 1. The molecule has 2 nitrogen and oxygen atoms in total. The second-order valence-electron chi connectivity index (χ2n) is 4.85. The number of aromatic amines is 1. The van der Waals surface area contributed by atoms with Crippen molar-refractivity contribution >= 4 is 30.8 Å². The van der Waals surface area contributed by atoms with Crippen LogP contribution in [0, 0.1) is 0 Å². The van der Waals surface area contributed by atoms with Gasteiger partial charge >= 0.3 is 0 Å². The second kappa shape index (κ2) is 5.25. The highest BCUT2D eigenvalue weighted by molar-refractivity contribution is 6.77. The number of halogens is 1. The minimum absolute atomic E-state index is 0.654. The predicted octanol–water partition coefficient (Wildman–Crippen LogP) is 3.71. The topological polar surface area (TPSA) is 25.0 Å². The summed E-state index contributed by atoms with van der Waals surface area (Å²) >= 11 is 5.88. The molecule has 0 aliphatic carbocycles. The van der Waals surface area contributed by atoms with E-state index >= 15 is 0 Å². The van der Waals surface area contributed by atoms with Crippen molar-refractivity contribution < 1.29 is 4.43 Å². The molecule has 1 heterocycles. The van der Waals surface area contributed by atoms with Gasteiger partial charge in [-0.25, -0.2) is 0 Å². The van der Waals surface area contributed by atoms with Crippen LogP contribution in [0.5, 0.6) is 0 Å². The summed E-state index contributed by atoms with van der Waals surface area (Å²) in [5, 5.41) is 1.29. The first-order chi connectivity index (χ1) is 8.12. The van der Waals surface area contributed by atoms with Gasteiger partial charge < -0.3 is 9.41 Å². The number of benzene rings is 1. The molecule has 0 radical (unpaired) electrons. The molecular formula is C13H18ClNOSi. The number of para-hydroxylation sites is 1. The fourth-order valence-corrected chi connectivity index (χ4v) is 2.78.